The van der Waals surface area contributed by atoms with E-state index in [0.29, 0.717) is 23.7 Å². The summed E-state index contributed by atoms with van der Waals surface area (Å²) in [5.74, 6) is 1.56. The van der Waals surface area contributed by atoms with Crippen LogP contribution in [0.3, 0.4) is 0 Å². The molecule has 0 aromatic carbocycles. The average molecular weight is 441 g/mol. The minimum absolute atomic E-state index is 0.106. The molecule has 0 spiro atoms. The van der Waals surface area contributed by atoms with Gasteiger partial charge in [-0.3, -0.25) is 4.79 Å². The normalized spacial score (nSPS) is 17.2. The van der Waals surface area contributed by atoms with Crippen molar-refractivity contribution in [2.45, 2.75) is 45.4 Å². The van der Waals surface area contributed by atoms with Crippen molar-refractivity contribution in [3.8, 4) is 11.6 Å². The van der Waals surface area contributed by atoms with E-state index in [4.69, 9.17) is 19.2 Å². The number of anilines is 1. The number of rotatable bonds is 6. The van der Waals surface area contributed by atoms with Crippen molar-refractivity contribution in [1.29, 1.82) is 0 Å². The van der Waals surface area contributed by atoms with E-state index >= 15 is 0 Å². The molecule has 9 nitrogen and oxygen atoms in total. The molecule has 4 heterocycles. The van der Waals surface area contributed by atoms with Gasteiger partial charge in [-0.25, -0.2) is 14.8 Å². The van der Waals surface area contributed by atoms with Crippen molar-refractivity contribution in [3.05, 3.63) is 41.2 Å². The predicted octanol–water partition coefficient (Wildman–Crippen LogP) is 2.36. The SMILES string of the molecule is COC(=O)C(C)N1Cc2nc(N3CCC(Oc4ccc(OC)nc4)CC3)c(C)cc2C1=O. The molecule has 170 valence electrons. The second kappa shape index (κ2) is 9.02. The quantitative estimate of drug-likeness (QED) is 0.632. The van der Waals surface area contributed by atoms with Gasteiger partial charge in [0.25, 0.3) is 5.91 Å². The molecule has 1 saturated heterocycles. The molecule has 2 aliphatic heterocycles. The van der Waals surface area contributed by atoms with E-state index in [2.05, 4.69) is 9.88 Å². The van der Waals surface area contributed by atoms with Gasteiger partial charge in [-0.2, -0.15) is 0 Å². The summed E-state index contributed by atoms with van der Waals surface area (Å²) in [7, 11) is 2.91. The number of pyridine rings is 2. The summed E-state index contributed by atoms with van der Waals surface area (Å²) in [6.07, 6.45) is 3.49. The van der Waals surface area contributed by atoms with Crippen molar-refractivity contribution in [2.75, 3.05) is 32.2 Å². The van der Waals surface area contributed by atoms with Gasteiger partial charge in [0.15, 0.2) is 0 Å². The highest BCUT2D eigenvalue weighted by atomic mass is 16.5. The molecule has 1 unspecified atom stereocenters. The van der Waals surface area contributed by atoms with Crippen LogP contribution in [0.5, 0.6) is 11.6 Å². The maximum atomic E-state index is 12.8. The van der Waals surface area contributed by atoms with Crippen LogP contribution in [0, 0.1) is 6.92 Å². The Bertz CT molecular complexity index is 1000. The predicted molar refractivity (Wildman–Crippen MR) is 117 cm³/mol. The minimum atomic E-state index is -0.647. The molecule has 4 rings (SSSR count). The van der Waals surface area contributed by atoms with Crippen molar-refractivity contribution in [2.24, 2.45) is 0 Å². The van der Waals surface area contributed by atoms with Crippen LogP contribution in [-0.2, 0) is 16.1 Å². The number of hydrogen-bond donors (Lipinski definition) is 0. The van der Waals surface area contributed by atoms with Gasteiger partial charge in [-0.05, 0) is 31.5 Å². The third-order valence-electron chi connectivity index (χ3n) is 6.05. The first-order valence-electron chi connectivity index (χ1n) is 10.7. The second-order valence-electron chi connectivity index (χ2n) is 8.10. The number of hydrogen-bond acceptors (Lipinski definition) is 8. The van der Waals surface area contributed by atoms with E-state index in [1.807, 2.05) is 19.1 Å². The lowest BCUT2D eigenvalue weighted by Gasteiger charge is -2.33. The Kier molecular flexibility index (Phi) is 6.16. The number of carbonyl (C=O) groups excluding carboxylic acids is 2. The van der Waals surface area contributed by atoms with Crippen LogP contribution in [0.4, 0.5) is 5.82 Å². The highest BCUT2D eigenvalue weighted by Crippen LogP contribution is 2.30. The molecule has 0 saturated carbocycles. The van der Waals surface area contributed by atoms with Gasteiger partial charge in [0.05, 0.1) is 38.2 Å². The Morgan fingerprint density at radius 1 is 1.22 bits per heavy atom. The van der Waals surface area contributed by atoms with Gasteiger partial charge in [0.2, 0.25) is 5.88 Å². The van der Waals surface area contributed by atoms with Crippen LogP contribution in [0.1, 0.15) is 41.4 Å². The van der Waals surface area contributed by atoms with Crippen molar-refractivity contribution in [3.63, 3.8) is 0 Å². The summed E-state index contributed by atoms with van der Waals surface area (Å²) in [6.45, 7) is 5.55. The Hall–Kier alpha value is -3.36. The Balaban J connectivity index is 1.41. The molecular formula is C23H28N4O5. The van der Waals surface area contributed by atoms with Crippen LogP contribution in [0.2, 0.25) is 0 Å². The van der Waals surface area contributed by atoms with E-state index in [9.17, 15) is 9.59 Å². The summed E-state index contributed by atoms with van der Waals surface area (Å²) >= 11 is 0. The summed E-state index contributed by atoms with van der Waals surface area (Å²) in [5, 5.41) is 0. The van der Waals surface area contributed by atoms with Crippen molar-refractivity contribution in [1.82, 2.24) is 14.9 Å². The van der Waals surface area contributed by atoms with Crippen LogP contribution in [0.15, 0.2) is 24.4 Å². The molecule has 2 aromatic rings. The first kappa shape index (κ1) is 21.9. The zero-order chi connectivity index (χ0) is 22.8. The van der Waals surface area contributed by atoms with Crippen molar-refractivity contribution < 1.29 is 23.8 Å². The number of carbonyl (C=O) groups is 2. The molecule has 0 radical (unpaired) electrons. The number of methoxy groups -OCH3 is 2. The maximum absolute atomic E-state index is 12.8. The van der Waals surface area contributed by atoms with Gasteiger partial charge in [-0.1, -0.05) is 0 Å². The van der Waals surface area contributed by atoms with Gasteiger partial charge >= 0.3 is 5.97 Å². The Labute approximate surface area is 187 Å². The van der Waals surface area contributed by atoms with E-state index < -0.39 is 12.0 Å². The Morgan fingerprint density at radius 2 is 1.97 bits per heavy atom. The number of fused-ring (bicyclic) bond motifs is 1. The number of aromatic nitrogens is 2. The first-order chi connectivity index (χ1) is 15.4. The van der Waals surface area contributed by atoms with Gasteiger partial charge in [-0.15, -0.1) is 0 Å². The van der Waals surface area contributed by atoms with Crippen LogP contribution in [0.25, 0.3) is 0 Å². The summed E-state index contributed by atoms with van der Waals surface area (Å²) < 4.78 is 15.9. The highest BCUT2D eigenvalue weighted by molar-refractivity contribution is 6.00. The van der Waals surface area contributed by atoms with E-state index in [0.717, 1.165) is 43.1 Å². The summed E-state index contributed by atoms with van der Waals surface area (Å²) in [5.41, 5.74) is 2.21. The van der Waals surface area contributed by atoms with E-state index in [-0.39, 0.29) is 12.0 Å². The lowest BCUT2D eigenvalue weighted by Crippen LogP contribution is -2.39. The Morgan fingerprint density at radius 3 is 2.59 bits per heavy atom. The smallest absolute Gasteiger partial charge is 0.328 e. The minimum Gasteiger partial charge on any atom is -0.489 e. The topological polar surface area (TPSA) is 94.1 Å². The third-order valence-corrected chi connectivity index (χ3v) is 6.05. The van der Waals surface area contributed by atoms with Gasteiger partial charge < -0.3 is 24.0 Å². The standard InChI is InChI=1S/C23H28N4O5/c1-14-11-18-19(13-27(22(18)28)15(2)23(29)31-4)25-21(14)26-9-7-16(8-10-26)32-17-5-6-20(30-3)24-12-17/h5-6,11-12,15-16H,7-10,13H2,1-4H3. The van der Waals surface area contributed by atoms with Crippen LogP contribution >= 0.6 is 0 Å². The number of amides is 1. The van der Waals surface area contributed by atoms with E-state index in [1.54, 1.807) is 26.3 Å². The molecule has 1 amide bonds. The zero-order valence-corrected chi connectivity index (χ0v) is 18.8. The number of ether oxygens (including phenoxy) is 3. The maximum Gasteiger partial charge on any atom is 0.328 e. The first-order valence-corrected chi connectivity index (χ1v) is 10.7. The highest BCUT2D eigenvalue weighted by Gasteiger charge is 2.36. The van der Waals surface area contributed by atoms with Crippen molar-refractivity contribution >= 4 is 17.7 Å². The van der Waals surface area contributed by atoms with Crippen LogP contribution in [-0.4, -0.2) is 66.2 Å². The molecule has 32 heavy (non-hydrogen) atoms. The number of aryl methyl sites for hydroxylation is 1. The molecule has 0 N–H and O–H groups in total. The molecule has 2 aliphatic rings. The zero-order valence-electron chi connectivity index (χ0n) is 18.8. The molecule has 9 heteroatoms. The van der Waals surface area contributed by atoms with Gasteiger partial charge in [0, 0.05) is 32.0 Å². The summed E-state index contributed by atoms with van der Waals surface area (Å²) in [4.78, 5) is 37.4. The number of piperidine rings is 1. The summed E-state index contributed by atoms with van der Waals surface area (Å²) in [6, 6.07) is 4.89. The lowest BCUT2D eigenvalue weighted by molar-refractivity contribution is -0.145. The number of nitrogens with zero attached hydrogens (tertiary/aromatic N) is 4. The second-order valence-corrected chi connectivity index (χ2v) is 8.10. The fourth-order valence-corrected chi connectivity index (χ4v) is 4.20. The molecule has 0 aliphatic carbocycles. The molecule has 1 fully saturated rings. The lowest BCUT2D eigenvalue weighted by atomic mass is 10.1. The average Bonchev–Trinajstić information content (AvgIpc) is 3.14. The fourth-order valence-electron chi connectivity index (χ4n) is 4.20. The molecule has 1 atom stereocenters. The molecule has 0 bridgehead atoms. The largest absolute Gasteiger partial charge is 0.489 e. The molecule has 2 aromatic heterocycles. The van der Waals surface area contributed by atoms with Crippen LogP contribution < -0.4 is 14.4 Å². The fraction of sp³-hybridized carbons (Fsp3) is 0.478. The monoisotopic (exact) mass is 440 g/mol. The number of esters is 1. The molecular weight excluding hydrogens is 412 g/mol. The van der Waals surface area contributed by atoms with Gasteiger partial charge in [0.1, 0.15) is 23.7 Å². The third kappa shape index (κ3) is 4.19. The van der Waals surface area contributed by atoms with E-state index in [1.165, 1.54) is 12.0 Å².